The Kier molecular flexibility index (Phi) is 3.54. The minimum atomic E-state index is 0.195. The Morgan fingerprint density at radius 1 is 0.957 bits per heavy atom. The number of rotatable bonds is 3. The molecule has 3 aromatic rings. The standard InChI is InChI=1S/C19H17NO2S/c1-21-13-9-10-14(17(12-13)22-2)19-16-7-5-11-20(16)15-6-3-4-8-18(15)23-19/h3-12,19H,1-2H3/t19-/m1/s1. The number of thioether (sulfide) groups is 1. The molecular formula is C19H17NO2S. The molecule has 0 N–H and O–H groups in total. The summed E-state index contributed by atoms with van der Waals surface area (Å²) in [6, 6.07) is 18.8. The Morgan fingerprint density at radius 3 is 2.65 bits per heavy atom. The molecule has 1 atom stereocenters. The highest BCUT2D eigenvalue weighted by molar-refractivity contribution is 8.00. The number of benzene rings is 2. The van der Waals surface area contributed by atoms with Crippen LogP contribution in [0.1, 0.15) is 16.5 Å². The fourth-order valence-corrected chi connectivity index (χ4v) is 4.36. The molecule has 0 spiro atoms. The van der Waals surface area contributed by atoms with E-state index in [4.69, 9.17) is 9.47 Å². The van der Waals surface area contributed by atoms with Gasteiger partial charge in [0.15, 0.2) is 0 Å². The molecule has 1 aliphatic heterocycles. The van der Waals surface area contributed by atoms with Crippen molar-refractivity contribution in [3.63, 3.8) is 0 Å². The summed E-state index contributed by atoms with van der Waals surface area (Å²) in [5.74, 6) is 1.66. The van der Waals surface area contributed by atoms with Crippen LogP contribution in [-0.2, 0) is 0 Å². The first-order chi connectivity index (χ1) is 11.3. The van der Waals surface area contributed by atoms with E-state index in [9.17, 15) is 0 Å². The summed E-state index contributed by atoms with van der Waals surface area (Å²) < 4.78 is 13.2. The number of nitrogens with zero attached hydrogens (tertiary/aromatic N) is 1. The van der Waals surface area contributed by atoms with Crippen molar-refractivity contribution in [2.24, 2.45) is 0 Å². The predicted molar refractivity (Wildman–Crippen MR) is 93.0 cm³/mol. The van der Waals surface area contributed by atoms with Gasteiger partial charge in [0.2, 0.25) is 0 Å². The maximum atomic E-state index is 5.62. The molecule has 0 amide bonds. The molecule has 0 saturated carbocycles. The molecule has 0 unspecified atom stereocenters. The van der Waals surface area contributed by atoms with Crippen LogP contribution >= 0.6 is 11.8 Å². The Hall–Kier alpha value is -2.33. The number of hydrogen-bond acceptors (Lipinski definition) is 3. The summed E-state index contributed by atoms with van der Waals surface area (Å²) in [6.45, 7) is 0. The second-order valence-electron chi connectivity index (χ2n) is 5.38. The maximum absolute atomic E-state index is 5.62. The third kappa shape index (κ3) is 2.30. The van der Waals surface area contributed by atoms with Gasteiger partial charge in [-0.15, -0.1) is 11.8 Å². The second-order valence-corrected chi connectivity index (χ2v) is 6.52. The molecule has 2 heterocycles. The van der Waals surface area contributed by atoms with Crippen molar-refractivity contribution < 1.29 is 9.47 Å². The summed E-state index contributed by atoms with van der Waals surface area (Å²) in [6.07, 6.45) is 2.12. The topological polar surface area (TPSA) is 23.4 Å². The summed E-state index contributed by atoms with van der Waals surface area (Å²) in [5, 5.41) is 0.195. The molecular weight excluding hydrogens is 306 g/mol. The molecule has 116 valence electrons. The van der Waals surface area contributed by atoms with E-state index < -0.39 is 0 Å². The lowest BCUT2D eigenvalue weighted by Gasteiger charge is -2.28. The molecule has 0 aliphatic carbocycles. The second kappa shape index (κ2) is 5.70. The van der Waals surface area contributed by atoms with E-state index in [2.05, 4.69) is 53.2 Å². The van der Waals surface area contributed by atoms with Crippen LogP contribution in [0.5, 0.6) is 11.5 Å². The van der Waals surface area contributed by atoms with Crippen LogP contribution in [-0.4, -0.2) is 18.8 Å². The molecule has 3 nitrogen and oxygen atoms in total. The number of ether oxygens (including phenoxy) is 2. The van der Waals surface area contributed by atoms with Crippen LogP contribution < -0.4 is 9.47 Å². The van der Waals surface area contributed by atoms with Gasteiger partial charge in [-0.05, 0) is 30.3 Å². The number of para-hydroxylation sites is 1. The normalized spacial score (nSPS) is 15.7. The fraction of sp³-hybridized carbons (Fsp3) is 0.158. The van der Waals surface area contributed by atoms with E-state index in [1.807, 2.05) is 23.9 Å². The maximum Gasteiger partial charge on any atom is 0.127 e. The first kappa shape index (κ1) is 14.3. The van der Waals surface area contributed by atoms with E-state index in [1.54, 1.807) is 14.2 Å². The zero-order valence-corrected chi connectivity index (χ0v) is 13.8. The van der Waals surface area contributed by atoms with Gasteiger partial charge in [-0.2, -0.15) is 0 Å². The summed E-state index contributed by atoms with van der Waals surface area (Å²) in [5.41, 5.74) is 3.66. The van der Waals surface area contributed by atoms with Gasteiger partial charge in [-0.25, -0.2) is 0 Å². The largest absolute Gasteiger partial charge is 0.497 e. The van der Waals surface area contributed by atoms with Crippen molar-refractivity contribution in [2.75, 3.05) is 14.2 Å². The van der Waals surface area contributed by atoms with E-state index >= 15 is 0 Å². The van der Waals surface area contributed by atoms with Crippen molar-refractivity contribution in [1.82, 2.24) is 4.57 Å². The van der Waals surface area contributed by atoms with E-state index in [0.29, 0.717) is 0 Å². The predicted octanol–water partition coefficient (Wildman–Crippen LogP) is 4.69. The lowest BCUT2D eigenvalue weighted by atomic mass is 10.1. The average molecular weight is 323 g/mol. The summed E-state index contributed by atoms with van der Waals surface area (Å²) in [7, 11) is 3.38. The first-order valence-electron chi connectivity index (χ1n) is 7.47. The van der Waals surface area contributed by atoms with Gasteiger partial charge in [-0.3, -0.25) is 0 Å². The third-order valence-corrected chi connectivity index (χ3v) is 5.47. The zero-order chi connectivity index (χ0) is 15.8. The lowest BCUT2D eigenvalue weighted by molar-refractivity contribution is 0.391. The minimum absolute atomic E-state index is 0.195. The monoisotopic (exact) mass is 323 g/mol. The quantitative estimate of drug-likeness (QED) is 0.698. The van der Waals surface area contributed by atoms with Crippen LogP contribution in [0.15, 0.2) is 65.7 Å². The van der Waals surface area contributed by atoms with Crippen molar-refractivity contribution in [3.05, 3.63) is 72.1 Å². The van der Waals surface area contributed by atoms with Gasteiger partial charge in [0, 0.05) is 28.4 Å². The highest BCUT2D eigenvalue weighted by atomic mass is 32.2. The van der Waals surface area contributed by atoms with Crippen LogP contribution in [0.2, 0.25) is 0 Å². The Morgan fingerprint density at radius 2 is 1.83 bits per heavy atom. The van der Waals surface area contributed by atoms with Gasteiger partial charge >= 0.3 is 0 Å². The van der Waals surface area contributed by atoms with Gasteiger partial charge in [0.1, 0.15) is 11.5 Å². The number of methoxy groups -OCH3 is 2. The minimum Gasteiger partial charge on any atom is -0.497 e. The van der Waals surface area contributed by atoms with Crippen LogP contribution in [0, 0.1) is 0 Å². The highest BCUT2D eigenvalue weighted by Gasteiger charge is 2.28. The van der Waals surface area contributed by atoms with E-state index in [1.165, 1.54) is 16.3 Å². The molecule has 0 bridgehead atoms. The molecule has 1 aliphatic rings. The molecule has 0 radical (unpaired) electrons. The Balaban J connectivity index is 1.86. The number of hydrogen-bond donors (Lipinski definition) is 0. The average Bonchev–Trinajstić information content (AvgIpc) is 3.10. The number of fused-ring (bicyclic) bond motifs is 3. The summed E-state index contributed by atoms with van der Waals surface area (Å²) >= 11 is 1.86. The number of aromatic nitrogens is 1. The first-order valence-corrected chi connectivity index (χ1v) is 8.35. The van der Waals surface area contributed by atoms with Crippen LogP contribution in [0.3, 0.4) is 0 Å². The van der Waals surface area contributed by atoms with Crippen molar-refractivity contribution >= 4 is 11.8 Å². The molecule has 0 fully saturated rings. The molecule has 4 rings (SSSR count). The van der Waals surface area contributed by atoms with Crippen molar-refractivity contribution in [1.29, 1.82) is 0 Å². The van der Waals surface area contributed by atoms with Gasteiger partial charge in [0.05, 0.1) is 25.2 Å². The third-order valence-electron chi connectivity index (χ3n) is 4.14. The van der Waals surface area contributed by atoms with Gasteiger partial charge in [-0.1, -0.05) is 18.2 Å². The smallest absolute Gasteiger partial charge is 0.127 e. The van der Waals surface area contributed by atoms with Crippen LogP contribution in [0.4, 0.5) is 0 Å². The van der Waals surface area contributed by atoms with Crippen LogP contribution in [0.25, 0.3) is 5.69 Å². The van der Waals surface area contributed by atoms with Gasteiger partial charge in [0.25, 0.3) is 0 Å². The van der Waals surface area contributed by atoms with Crippen molar-refractivity contribution in [2.45, 2.75) is 10.1 Å². The van der Waals surface area contributed by atoms with E-state index in [-0.39, 0.29) is 5.25 Å². The zero-order valence-electron chi connectivity index (χ0n) is 13.0. The summed E-state index contributed by atoms with van der Waals surface area (Å²) in [4.78, 5) is 1.28. The SMILES string of the molecule is COc1ccc([C@H]2Sc3ccccc3-n3cccc32)c(OC)c1. The molecule has 23 heavy (non-hydrogen) atoms. The van der Waals surface area contributed by atoms with Crippen molar-refractivity contribution in [3.8, 4) is 17.2 Å². The lowest BCUT2D eigenvalue weighted by Crippen LogP contribution is -2.11. The van der Waals surface area contributed by atoms with E-state index in [0.717, 1.165) is 17.1 Å². The molecule has 4 heteroatoms. The van der Waals surface area contributed by atoms with Gasteiger partial charge < -0.3 is 14.0 Å². The fourth-order valence-electron chi connectivity index (χ4n) is 3.03. The Labute approximate surface area is 139 Å². The molecule has 0 saturated heterocycles. The molecule has 1 aromatic heterocycles. The highest BCUT2D eigenvalue weighted by Crippen LogP contribution is 2.50. The molecule has 2 aromatic carbocycles. The Bertz CT molecular complexity index is 856.